The van der Waals surface area contributed by atoms with Crippen molar-refractivity contribution in [2.24, 2.45) is 0 Å². The molecule has 4 nitrogen and oxygen atoms in total. The first-order valence-corrected chi connectivity index (χ1v) is 6.35. The number of nitrogens with one attached hydrogen (secondary N) is 1. The molecule has 100 valence electrons. The lowest BCUT2D eigenvalue weighted by atomic mass is 10.1. The highest BCUT2D eigenvalue weighted by Crippen LogP contribution is 2.27. The highest BCUT2D eigenvalue weighted by molar-refractivity contribution is 5.58. The van der Waals surface area contributed by atoms with Crippen LogP contribution in [0.2, 0.25) is 0 Å². The Morgan fingerprint density at radius 1 is 1.44 bits per heavy atom. The van der Waals surface area contributed by atoms with Crippen molar-refractivity contribution in [3.63, 3.8) is 0 Å². The fourth-order valence-electron chi connectivity index (χ4n) is 2.20. The van der Waals surface area contributed by atoms with Crippen LogP contribution in [-0.4, -0.2) is 45.4 Å². The molecule has 1 aromatic rings. The highest BCUT2D eigenvalue weighted by atomic mass is 16.5. The summed E-state index contributed by atoms with van der Waals surface area (Å²) < 4.78 is 10.8. The van der Waals surface area contributed by atoms with Crippen molar-refractivity contribution in [3.05, 3.63) is 23.8 Å². The predicted octanol–water partition coefficient (Wildman–Crippen LogP) is 1.96. The van der Waals surface area contributed by atoms with Crippen molar-refractivity contribution >= 4 is 5.69 Å². The van der Waals surface area contributed by atoms with Gasteiger partial charge in [-0.1, -0.05) is 6.07 Å². The molecule has 1 unspecified atom stereocenters. The van der Waals surface area contributed by atoms with Gasteiger partial charge in [0, 0.05) is 13.2 Å². The highest BCUT2D eigenvalue weighted by Gasteiger charge is 2.17. The number of hydrogen-bond acceptors (Lipinski definition) is 4. The first kappa shape index (κ1) is 13.2. The molecule has 1 aliphatic rings. The fourth-order valence-corrected chi connectivity index (χ4v) is 2.20. The molecule has 1 atom stereocenters. The number of ether oxygens (including phenoxy) is 2. The zero-order valence-electron chi connectivity index (χ0n) is 11.4. The van der Waals surface area contributed by atoms with E-state index in [-0.39, 0.29) is 0 Å². The maximum absolute atomic E-state index is 5.40. The van der Waals surface area contributed by atoms with Gasteiger partial charge in [-0.05, 0) is 38.2 Å². The van der Waals surface area contributed by atoms with Crippen LogP contribution < -0.4 is 10.1 Å². The number of rotatable bonds is 5. The Morgan fingerprint density at radius 2 is 2.28 bits per heavy atom. The Kier molecular flexibility index (Phi) is 4.44. The zero-order chi connectivity index (χ0) is 13.0. The molecule has 18 heavy (non-hydrogen) atoms. The monoisotopic (exact) mass is 250 g/mol. The first-order chi connectivity index (χ1) is 8.69. The lowest BCUT2D eigenvalue weighted by Gasteiger charge is -2.17. The normalized spacial score (nSPS) is 19.2. The molecule has 0 spiro atoms. The minimum atomic E-state index is 0.397. The summed E-state index contributed by atoms with van der Waals surface area (Å²) in [6, 6.07) is 6.69. The molecule has 1 heterocycles. The molecular formula is C14H22N2O2. The largest absolute Gasteiger partial charge is 0.495 e. The van der Waals surface area contributed by atoms with Gasteiger partial charge in [-0.3, -0.25) is 0 Å². The lowest BCUT2D eigenvalue weighted by Crippen LogP contribution is -2.19. The Bertz CT molecular complexity index is 387. The fraction of sp³-hybridized carbons (Fsp3) is 0.571. The van der Waals surface area contributed by atoms with Gasteiger partial charge in [0.1, 0.15) is 5.75 Å². The van der Waals surface area contributed by atoms with E-state index in [4.69, 9.17) is 9.47 Å². The van der Waals surface area contributed by atoms with Crippen LogP contribution in [0.5, 0.6) is 5.75 Å². The van der Waals surface area contributed by atoms with Crippen molar-refractivity contribution in [3.8, 4) is 5.75 Å². The van der Waals surface area contributed by atoms with E-state index < -0.39 is 0 Å². The van der Waals surface area contributed by atoms with E-state index in [1.54, 1.807) is 7.11 Å². The van der Waals surface area contributed by atoms with Gasteiger partial charge in [0.2, 0.25) is 0 Å². The molecule has 0 bridgehead atoms. The maximum Gasteiger partial charge on any atom is 0.141 e. The standard InChI is InChI=1S/C14H22N2O2/c1-16(2)9-11-4-5-14(17-3)13(8-11)15-12-6-7-18-10-12/h4-5,8,12,15H,6-7,9-10H2,1-3H3. The molecule has 1 aromatic carbocycles. The Hall–Kier alpha value is -1.26. The average Bonchev–Trinajstić information content (AvgIpc) is 2.81. The third kappa shape index (κ3) is 3.37. The molecule has 2 rings (SSSR count). The zero-order valence-corrected chi connectivity index (χ0v) is 11.4. The Morgan fingerprint density at radius 3 is 2.89 bits per heavy atom. The smallest absolute Gasteiger partial charge is 0.141 e. The molecule has 0 aliphatic carbocycles. The topological polar surface area (TPSA) is 33.7 Å². The number of anilines is 1. The quantitative estimate of drug-likeness (QED) is 0.866. The van der Waals surface area contributed by atoms with Crippen molar-refractivity contribution < 1.29 is 9.47 Å². The molecule has 0 amide bonds. The van der Waals surface area contributed by atoms with Crippen LogP contribution in [0.15, 0.2) is 18.2 Å². The average molecular weight is 250 g/mol. The van der Waals surface area contributed by atoms with Crippen LogP contribution in [-0.2, 0) is 11.3 Å². The molecule has 4 heteroatoms. The molecule has 1 N–H and O–H groups in total. The van der Waals surface area contributed by atoms with E-state index in [9.17, 15) is 0 Å². The summed E-state index contributed by atoms with van der Waals surface area (Å²) in [5.41, 5.74) is 2.34. The van der Waals surface area contributed by atoms with Gasteiger partial charge in [-0.2, -0.15) is 0 Å². The predicted molar refractivity (Wildman–Crippen MR) is 73.2 cm³/mol. The van der Waals surface area contributed by atoms with Crippen LogP contribution in [0, 0.1) is 0 Å². The minimum Gasteiger partial charge on any atom is -0.495 e. The second kappa shape index (κ2) is 6.07. The number of methoxy groups -OCH3 is 1. The van der Waals surface area contributed by atoms with Gasteiger partial charge in [0.15, 0.2) is 0 Å². The number of hydrogen-bond donors (Lipinski definition) is 1. The number of nitrogens with zero attached hydrogens (tertiary/aromatic N) is 1. The van der Waals surface area contributed by atoms with Crippen LogP contribution in [0.25, 0.3) is 0 Å². The van der Waals surface area contributed by atoms with Crippen molar-refractivity contribution in [2.75, 3.05) is 39.7 Å². The summed E-state index contributed by atoms with van der Waals surface area (Å²) in [4.78, 5) is 2.16. The summed E-state index contributed by atoms with van der Waals surface area (Å²) in [6.45, 7) is 2.55. The molecule has 0 aromatic heterocycles. The Balaban J connectivity index is 2.13. The Labute approximate surface area is 109 Å². The molecular weight excluding hydrogens is 228 g/mol. The molecule has 1 aliphatic heterocycles. The molecule has 1 fully saturated rings. The summed E-state index contributed by atoms with van der Waals surface area (Å²) in [5.74, 6) is 0.893. The third-order valence-electron chi connectivity index (χ3n) is 3.05. The summed E-state index contributed by atoms with van der Waals surface area (Å²) in [7, 11) is 5.85. The summed E-state index contributed by atoms with van der Waals surface area (Å²) in [6.07, 6.45) is 1.06. The van der Waals surface area contributed by atoms with Gasteiger partial charge >= 0.3 is 0 Å². The summed E-state index contributed by atoms with van der Waals surface area (Å²) in [5, 5.41) is 3.51. The minimum absolute atomic E-state index is 0.397. The second-order valence-electron chi connectivity index (χ2n) is 4.98. The van der Waals surface area contributed by atoms with Gasteiger partial charge < -0.3 is 19.7 Å². The van der Waals surface area contributed by atoms with Crippen LogP contribution in [0.3, 0.4) is 0 Å². The lowest BCUT2D eigenvalue weighted by molar-refractivity contribution is 0.195. The SMILES string of the molecule is COc1ccc(CN(C)C)cc1NC1CCOC1. The van der Waals surface area contributed by atoms with Crippen molar-refractivity contribution in [2.45, 2.75) is 19.0 Å². The van der Waals surface area contributed by atoms with E-state index in [0.29, 0.717) is 6.04 Å². The van der Waals surface area contributed by atoms with E-state index >= 15 is 0 Å². The first-order valence-electron chi connectivity index (χ1n) is 6.35. The molecule has 1 saturated heterocycles. The maximum atomic E-state index is 5.40. The van der Waals surface area contributed by atoms with Gasteiger partial charge in [0.05, 0.1) is 25.4 Å². The van der Waals surface area contributed by atoms with E-state index in [2.05, 4.69) is 36.4 Å². The van der Waals surface area contributed by atoms with Gasteiger partial charge in [0.25, 0.3) is 0 Å². The third-order valence-corrected chi connectivity index (χ3v) is 3.05. The van der Waals surface area contributed by atoms with Crippen LogP contribution in [0.1, 0.15) is 12.0 Å². The van der Waals surface area contributed by atoms with Crippen molar-refractivity contribution in [1.29, 1.82) is 0 Å². The van der Waals surface area contributed by atoms with E-state index in [0.717, 1.165) is 37.6 Å². The van der Waals surface area contributed by atoms with Gasteiger partial charge in [-0.15, -0.1) is 0 Å². The summed E-state index contributed by atoms with van der Waals surface area (Å²) >= 11 is 0. The van der Waals surface area contributed by atoms with Gasteiger partial charge in [-0.25, -0.2) is 0 Å². The van der Waals surface area contributed by atoms with E-state index in [1.807, 2.05) is 6.07 Å². The van der Waals surface area contributed by atoms with Crippen LogP contribution in [0.4, 0.5) is 5.69 Å². The molecule has 0 radical (unpaired) electrons. The number of benzene rings is 1. The molecule has 0 saturated carbocycles. The van der Waals surface area contributed by atoms with E-state index in [1.165, 1.54) is 5.56 Å². The van der Waals surface area contributed by atoms with Crippen molar-refractivity contribution in [1.82, 2.24) is 4.90 Å². The van der Waals surface area contributed by atoms with Crippen LogP contribution >= 0.6 is 0 Å². The second-order valence-corrected chi connectivity index (χ2v) is 4.98.